The van der Waals surface area contributed by atoms with Gasteiger partial charge in [0.25, 0.3) is 0 Å². The molecule has 5 nitrogen and oxygen atoms in total. The number of carbonyl (C=O) groups is 2. The Morgan fingerprint density at radius 3 is 2.43 bits per heavy atom. The van der Waals surface area contributed by atoms with Crippen LogP contribution >= 0.6 is 11.3 Å². The van der Waals surface area contributed by atoms with Crippen LogP contribution in [0.15, 0.2) is 24.3 Å². The highest BCUT2D eigenvalue weighted by atomic mass is 32.1. The van der Waals surface area contributed by atoms with Crippen LogP contribution in [0.2, 0.25) is 0 Å². The van der Waals surface area contributed by atoms with E-state index in [0.717, 1.165) is 21.1 Å². The first kappa shape index (κ1) is 15.2. The molecular formula is C15H15NO4S. The molecule has 1 aromatic heterocycles. The molecule has 1 aromatic carbocycles. The second kappa shape index (κ2) is 6.49. The maximum Gasteiger partial charge on any atom is 0.335 e. The molecular weight excluding hydrogens is 290 g/mol. The van der Waals surface area contributed by atoms with Crippen LogP contribution in [0.4, 0.5) is 0 Å². The van der Waals surface area contributed by atoms with Gasteiger partial charge in [0.2, 0.25) is 0 Å². The Hall–Kier alpha value is -2.21. The van der Waals surface area contributed by atoms with Crippen LogP contribution in [0, 0.1) is 6.92 Å². The fourth-order valence-electron chi connectivity index (χ4n) is 1.96. The molecule has 0 amide bonds. The van der Waals surface area contributed by atoms with Gasteiger partial charge in [-0.25, -0.2) is 9.78 Å². The summed E-state index contributed by atoms with van der Waals surface area (Å²) in [6.45, 7) is 1.88. The van der Waals surface area contributed by atoms with Crippen molar-refractivity contribution < 1.29 is 19.8 Å². The molecule has 0 atom stereocenters. The van der Waals surface area contributed by atoms with Crippen LogP contribution in [0.25, 0.3) is 0 Å². The van der Waals surface area contributed by atoms with Gasteiger partial charge in [-0.3, -0.25) is 4.79 Å². The van der Waals surface area contributed by atoms with Crippen LogP contribution in [0.3, 0.4) is 0 Å². The first-order chi connectivity index (χ1) is 9.95. The number of carboxylic acid groups (broad SMARTS) is 2. The van der Waals surface area contributed by atoms with Crippen molar-refractivity contribution >= 4 is 23.3 Å². The zero-order chi connectivity index (χ0) is 15.4. The van der Waals surface area contributed by atoms with E-state index in [2.05, 4.69) is 4.98 Å². The molecule has 0 fully saturated rings. The Morgan fingerprint density at radius 2 is 1.86 bits per heavy atom. The molecule has 2 aromatic rings. The normalized spacial score (nSPS) is 10.5. The quantitative estimate of drug-likeness (QED) is 0.857. The summed E-state index contributed by atoms with van der Waals surface area (Å²) >= 11 is 1.52. The summed E-state index contributed by atoms with van der Waals surface area (Å²) in [6.07, 6.45) is 1.23. The smallest absolute Gasteiger partial charge is 0.335 e. The molecule has 0 saturated heterocycles. The zero-order valence-electron chi connectivity index (χ0n) is 11.5. The number of aryl methyl sites for hydroxylation is 2. The van der Waals surface area contributed by atoms with Gasteiger partial charge in [0.15, 0.2) is 0 Å². The van der Waals surface area contributed by atoms with Crippen LogP contribution < -0.4 is 0 Å². The highest BCUT2D eigenvalue weighted by Gasteiger charge is 2.10. The van der Waals surface area contributed by atoms with E-state index in [0.29, 0.717) is 12.8 Å². The molecule has 2 rings (SSSR count). The Bertz CT molecular complexity index is 661. The molecule has 0 bridgehead atoms. The number of nitrogens with zero attached hydrogens (tertiary/aromatic N) is 1. The third kappa shape index (κ3) is 4.13. The summed E-state index contributed by atoms with van der Waals surface area (Å²) in [5.41, 5.74) is 2.12. The third-order valence-electron chi connectivity index (χ3n) is 3.06. The summed E-state index contributed by atoms with van der Waals surface area (Å²) in [6, 6.07) is 6.70. The standard InChI is InChI=1S/C15H15NO4S/c1-9-12(6-7-14(17)18)21-13(16-9)8-10-2-4-11(5-3-10)15(19)20/h2-5H,6-8H2,1H3,(H,17,18)(H,19,20). The predicted octanol–water partition coefficient (Wildman–Crippen LogP) is 2.76. The van der Waals surface area contributed by atoms with Gasteiger partial charge in [-0.05, 0) is 31.0 Å². The second-order valence-corrected chi connectivity index (χ2v) is 5.86. The van der Waals surface area contributed by atoms with E-state index in [4.69, 9.17) is 10.2 Å². The zero-order valence-corrected chi connectivity index (χ0v) is 12.3. The third-order valence-corrected chi connectivity index (χ3v) is 4.28. The maximum atomic E-state index is 10.8. The molecule has 21 heavy (non-hydrogen) atoms. The van der Waals surface area contributed by atoms with E-state index in [1.165, 1.54) is 11.3 Å². The average molecular weight is 305 g/mol. The number of aromatic carboxylic acids is 1. The van der Waals surface area contributed by atoms with Crippen molar-refractivity contribution in [2.45, 2.75) is 26.2 Å². The largest absolute Gasteiger partial charge is 0.481 e. The molecule has 6 heteroatoms. The number of aromatic nitrogens is 1. The van der Waals surface area contributed by atoms with Gasteiger partial charge < -0.3 is 10.2 Å². The number of rotatable bonds is 6. The highest BCUT2D eigenvalue weighted by Crippen LogP contribution is 2.22. The maximum absolute atomic E-state index is 10.8. The minimum absolute atomic E-state index is 0.107. The first-order valence-corrected chi connectivity index (χ1v) is 7.26. The number of aliphatic carboxylic acids is 1. The monoisotopic (exact) mass is 305 g/mol. The number of carboxylic acids is 2. The predicted molar refractivity (Wildman–Crippen MR) is 79.0 cm³/mol. The van der Waals surface area contributed by atoms with Crippen molar-refractivity contribution in [1.82, 2.24) is 4.98 Å². The van der Waals surface area contributed by atoms with Crippen LogP contribution in [-0.4, -0.2) is 27.1 Å². The molecule has 110 valence electrons. The Kier molecular flexibility index (Phi) is 4.70. The van der Waals surface area contributed by atoms with Crippen molar-refractivity contribution in [3.8, 4) is 0 Å². The van der Waals surface area contributed by atoms with Gasteiger partial charge in [0.1, 0.15) is 0 Å². The van der Waals surface area contributed by atoms with Gasteiger partial charge in [-0.15, -0.1) is 11.3 Å². The summed E-state index contributed by atoms with van der Waals surface area (Å²) < 4.78 is 0. The SMILES string of the molecule is Cc1nc(Cc2ccc(C(=O)O)cc2)sc1CCC(=O)O. The lowest BCUT2D eigenvalue weighted by atomic mass is 10.1. The molecule has 1 heterocycles. The van der Waals surface area contributed by atoms with Crippen LogP contribution in [-0.2, 0) is 17.6 Å². The molecule has 0 aliphatic carbocycles. The summed E-state index contributed by atoms with van der Waals surface area (Å²) in [5.74, 6) is -1.75. The Morgan fingerprint density at radius 1 is 1.19 bits per heavy atom. The minimum Gasteiger partial charge on any atom is -0.481 e. The summed E-state index contributed by atoms with van der Waals surface area (Å²) in [4.78, 5) is 26.8. The number of hydrogen-bond acceptors (Lipinski definition) is 4. The van der Waals surface area contributed by atoms with Gasteiger partial charge in [0.05, 0.1) is 22.7 Å². The molecule has 0 radical (unpaired) electrons. The number of thiazole rings is 1. The van der Waals surface area contributed by atoms with Crippen molar-refractivity contribution in [2.75, 3.05) is 0 Å². The Labute approximate surface area is 125 Å². The molecule has 0 unspecified atom stereocenters. The van der Waals surface area contributed by atoms with E-state index in [9.17, 15) is 9.59 Å². The molecule has 2 N–H and O–H groups in total. The highest BCUT2D eigenvalue weighted by molar-refractivity contribution is 7.11. The minimum atomic E-state index is -0.942. The Balaban J connectivity index is 2.07. The average Bonchev–Trinajstić information content (AvgIpc) is 2.77. The number of hydrogen-bond donors (Lipinski definition) is 2. The summed E-state index contributed by atoms with van der Waals surface area (Å²) in [5, 5.41) is 18.5. The van der Waals surface area contributed by atoms with Crippen molar-refractivity contribution in [1.29, 1.82) is 0 Å². The molecule has 0 aliphatic rings. The molecule has 0 saturated carbocycles. The van der Waals surface area contributed by atoms with E-state index in [-0.39, 0.29) is 12.0 Å². The summed E-state index contributed by atoms with van der Waals surface area (Å²) in [7, 11) is 0. The van der Waals surface area contributed by atoms with Crippen LogP contribution in [0.5, 0.6) is 0 Å². The lowest BCUT2D eigenvalue weighted by Crippen LogP contribution is -1.96. The lowest BCUT2D eigenvalue weighted by molar-refractivity contribution is -0.136. The van der Waals surface area contributed by atoms with Crippen molar-refractivity contribution in [3.63, 3.8) is 0 Å². The first-order valence-electron chi connectivity index (χ1n) is 6.45. The van der Waals surface area contributed by atoms with Crippen LogP contribution in [0.1, 0.15) is 37.9 Å². The van der Waals surface area contributed by atoms with E-state index < -0.39 is 11.9 Å². The van der Waals surface area contributed by atoms with E-state index >= 15 is 0 Å². The van der Waals surface area contributed by atoms with Crippen molar-refractivity contribution in [2.24, 2.45) is 0 Å². The fourth-order valence-corrected chi connectivity index (χ4v) is 3.06. The number of benzene rings is 1. The van der Waals surface area contributed by atoms with E-state index in [1.54, 1.807) is 24.3 Å². The van der Waals surface area contributed by atoms with Crippen molar-refractivity contribution in [3.05, 3.63) is 51.0 Å². The van der Waals surface area contributed by atoms with E-state index in [1.807, 2.05) is 6.92 Å². The topological polar surface area (TPSA) is 87.5 Å². The lowest BCUT2D eigenvalue weighted by Gasteiger charge is -1.99. The van der Waals surface area contributed by atoms with Gasteiger partial charge in [-0.1, -0.05) is 12.1 Å². The fraction of sp³-hybridized carbons (Fsp3) is 0.267. The van der Waals surface area contributed by atoms with Gasteiger partial charge >= 0.3 is 11.9 Å². The van der Waals surface area contributed by atoms with Gasteiger partial charge in [-0.2, -0.15) is 0 Å². The van der Waals surface area contributed by atoms with Gasteiger partial charge in [0, 0.05) is 11.3 Å². The molecule has 0 spiro atoms. The second-order valence-electron chi connectivity index (χ2n) is 4.69. The molecule has 0 aliphatic heterocycles.